The van der Waals surface area contributed by atoms with Crippen LogP contribution in [-0.2, 0) is 16.0 Å². The van der Waals surface area contributed by atoms with Crippen molar-refractivity contribution in [3.63, 3.8) is 0 Å². The number of carbonyl (C=O) groups excluding carboxylic acids is 1. The number of carbonyl (C=O) groups is 1. The minimum absolute atomic E-state index is 0.0326. The molecule has 0 bridgehead atoms. The van der Waals surface area contributed by atoms with Crippen molar-refractivity contribution >= 4 is 5.91 Å². The summed E-state index contributed by atoms with van der Waals surface area (Å²) in [6, 6.07) is 5.85. The summed E-state index contributed by atoms with van der Waals surface area (Å²) in [6.07, 6.45) is 4.46. The van der Waals surface area contributed by atoms with Crippen LogP contribution in [0.4, 0.5) is 0 Å². The Morgan fingerprint density at radius 1 is 1.44 bits per heavy atom. The molecular weight excluding hydrogens is 316 g/mol. The van der Waals surface area contributed by atoms with Crippen LogP contribution in [0.1, 0.15) is 18.5 Å². The number of fused-ring (bicyclic) bond motifs is 1. The molecule has 3 atom stereocenters. The summed E-state index contributed by atoms with van der Waals surface area (Å²) in [5.74, 6) is 0.562. The van der Waals surface area contributed by atoms with Gasteiger partial charge in [0.1, 0.15) is 6.10 Å². The lowest BCUT2D eigenvalue weighted by atomic mass is 9.91. The number of nitrogens with zero attached hydrogens (tertiary/aromatic N) is 3. The van der Waals surface area contributed by atoms with Crippen LogP contribution in [0.5, 0.6) is 0 Å². The second-order valence-electron chi connectivity index (χ2n) is 7.41. The molecule has 6 nitrogen and oxygen atoms in total. The van der Waals surface area contributed by atoms with Crippen molar-refractivity contribution in [3.8, 4) is 0 Å². The molecule has 138 valence electrons. The van der Waals surface area contributed by atoms with Gasteiger partial charge in [-0.25, -0.2) is 0 Å². The van der Waals surface area contributed by atoms with E-state index in [9.17, 15) is 4.79 Å². The largest absolute Gasteiger partial charge is 0.364 e. The van der Waals surface area contributed by atoms with E-state index < -0.39 is 0 Å². The fraction of sp³-hybridized carbons (Fsp3) is 0.684. The normalized spacial score (nSPS) is 26.6. The number of aromatic nitrogens is 1. The number of ether oxygens (including phenoxy) is 1. The van der Waals surface area contributed by atoms with Crippen molar-refractivity contribution in [2.75, 3.05) is 46.8 Å². The number of hydrogen-bond acceptors (Lipinski definition) is 5. The topological polar surface area (TPSA) is 57.7 Å². The number of amides is 1. The second kappa shape index (κ2) is 8.74. The molecule has 0 radical (unpaired) electrons. The third kappa shape index (κ3) is 5.23. The van der Waals surface area contributed by atoms with E-state index >= 15 is 0 Å². The first-order chi connectivity index (χ1) is 12.1. The van der Waals surface area contributed by atoms with Gasteiger partial charge < -0.3 is 15.0 Å². The fourth-order valence-corrected chi connectivity index (χ4v) is 3.68. The van der Waals surface area contributed by atoms with E-state index in [2.05, 4.69) is 34.2 Å². The van der Waals surface area contributed by atoms with Crippen LogP contribution < -0.4 is 5.32 Å². The molecule has 0 aliphatic carbocycles. The van der Waals surface area contributed by atoms with E-state index in [4.69, 9.17) is 4.74 Å². The van der Waals surface area contributed by atoms with Gasteiger partial charge in [0, 0.05) is 44.5 Å². The maximum atomic E-state index is 12.4. The first kappa shape index (κ1) is 18.3. The SMILES string of the molecule is CN(C)CCN1CC[C@H]2C[C@@H](C(=O)NCCc3ccccn3)O[C@@H]2C1. The van der Waals surface area contributed by atoms with E-state index in [1.54, 1.807) is 6.20 Å². The van der Waals surface area contributed by atoms with Crippen molar-refractivity contribution in [1.29, 1.82) is 0 Å². The molecular formula is C19H30N4O2. The van der Waals surface area contributed by atoms with Crippen molar-refractivity contribution in [2.45, 2.75) is 31.5 Å². The Morgan fingerprint density at radius 2 is 2.32 bits per heavy atom. The van der Waals surface area contributed by atoms with Gasteiger partial charge >= 0.3 is 0 Å². The highest BCUT2D eigenvalue weighted by Crippen LogP contribution is 2.33. The van der Waals surface area contributed by atoms with Gasteiger partial charge in [0.25, 0.3) is 0 Å². The maximum absolute atomic E-state index is 12.4. The summed E-state index contributed by atoms with van der Waals surface area (Å²) in [6.45, 7) is 4.82. The Hall–Kier alpha value is -1.50. The monoisotopic (exact) mass is 346 g/mol. The van der Waals surface area contributed by atoms with Crippen LogP contribution in [0.25, 0.3) is 0 Å². The molecule has 0 spiro atoms. The Kier molecular flexibility index (Phi) is 6.39. The Bertz CT molecular complexity index is 552. The smallest absolute Gasteiger partial charge is 0.249 e. The quantitative estimate of drug-likeness (QED) is 0.791. The first-order valence-electron chi connectivity index (χ1n) is 9.32. The molecule has 0 unspecified atom stereocenters. The highest BCUT2D eigenvalue weighted by Gasteiger charge is 2.41. The van der Waals surface area contributed by atoms with Crippen molar-refractivity contribution < 1.29 is 9.53 Å². The van der Waals surface area contributed by atoms with Gasteiger partial charge in [0.2, 0.25) is 5.91 Å². The highest BCUT2D eigenvalue weighted by atomic mass is 16.5. The number of pyridine rings is 1. The molecule has 0 saturated carbocycles. The third-order valence-corrected chi connectivity index (χ3v) is 5.20. The average molecular weight is 346 g/mol. The zero-order valence-electron chi connectivity index (χ0n) is 15.4. The zero-order valence-corrected chi connectivity index (χ0v) is 15.4. The predicted octanol–water partition coefficient (Wildman–Crippen LogP) is 0.781. The van der Waals surface area contributed by atoms with Crippen LogP contribution in [0, 0.1) is 5.92 Å². The van der Waals surface area contributed by atoms with Crippen molar-refractivity contribution in [2.24, 2.45) is 5.92 Å². The fourth-order valence-electron chi connectivity index (χ4n) is 3.68. The number of likely N-dealkylation sites (tertiary alicyclic amines) is 1. The summed E-state index contributed by atoms with van der Waals surface area (Å²) in [5, 5.41) is 3.01. The van der Waals surface area contributed by atoms with Crippen LogP contribution in [0.15, 0.2) is 24.4 Å². The van der Waals surface area contributed by atoms with Gasteiger partial charge in [0.05, 0.1) is 6.10 Å². The van der Waals surface area contributed by atoms with Crippen LogP contribution in [-0.4, -0.2) is 79.7 Å². The first-order valence-corrected chi connectivity index (χ1v) is 9.32. The second-order valence-corrected chi connectivity index (χ2v) is 7.41. The zero-order chi connectivity index (χ0) is 17.6. The molecule has 25 heavy (non-hydrogen) atoms. The van der Waals surface area contributed by atoms with E-state index in [0.717, 1.165) is 51.1 Å². The number of piperidine rings is 1. The Morgan fingerprint density at radius 3 is 3.08 bits per heavy atom. The molecule has 0 aromatic carbocycles. The van der Waals surface area contributed by atoms with Gasteiger partial charge in [-0.1, -0.05) is 6.07 Å². The Labute approximate surface area is 150 Å². The standard InChI is InChI=1S/C19H30N4O2/c1-22(2)11-12-23-10-7-15-13-17(25-18(15)14-23)19(24)21-9-6-16-5-3-4-8-20-16/h3-5,8,15,17-18H,6-7,9-14H2,1-2H3,(H,21,24)/t15-,17-,18+/m0/s1. The highest BCUT2D eigenvalue weighted by molar-refractivity contribution is 5.81. The number of rotatable bonds is 7. The average Bonchev–Trinajstić information content (AvgIpc) is 3.04. The number of nitrogens with one attached hydrogen (secondary N) is 1. The molecule has 2 fully saturated rings. The molecule has 1 aromatic rings. The summed E-state index contributed by atoms with van der Waals surface area (Å²) >= 11 is 0. The Balaban J connectivity index is 1.40. The summed E-state index contributed by atoms with van der Waals surface area (Å²) < 4.78 is 6.08. The van der Waals surface area contributed by atoms with Gasteiger partial charge in [-0.15, -0.1) is 0 Å². The van der Waals surface area contributed by atoms with Crippen LogP contribution in [0.2, 0.25) is 0 Å². The summed E-state index contributed by atoms with van der Waals surface area (Å²) in [5.41, 5.74) is 1.00. The van der Waals surface area contributed by atoms with Gasteiger partial charge in [0.15, 0.2) is 0 Å². The lowest BCUT2D eigenvalue weighted by Gasteiger charge is -2.34. The van der Waals surface area contributed by atoms with E-state index in [-0.39, 0.29) is 18.1 Å². The molecule has 6 heteroatoms. The molecule has 3 heterocycles. The van der Waals surface area contributed by atoms with Gasteiger partial charge in [-0.3, -0.25) is 14.7 Å². The van der Waals surface area contributed by atoms with Crippen LogP contribution in [0.3, 0.4) is 0 Å². The number of likely N-dealkylation sites (N-methyl/N-ethyl adjacent to an activating group) is 1. The molecule has 1 amide bonds. The molecule has 2 aliphatic rings. The molecule has 2 aliphatic heterocycles. The van der Waals surface area contributed by atoms with Crippen LogP contribution >= 0.6 is 0 Å². The van der Waals surface area contributed by atoms with Gasteiger partial charge in [-0.2, -0.15) is 0 Å². The lowest BCUT2D eigenvalue weighted by Crippen LogP contribution is -2.44. The maximum Gasteiger partial charge on any atom is 0.249 e. The summed E-state index contributed by atoms with van der Waals surface area (Å²) in [7, 11) is 4.20. The minimum atomic E-state index is -0.285. The molecule has 1 N–H and O–H groups in total. The van der Waals surface area contributed by atoms with E-state index in [0.29, 0.717) is 12.5 Å². The molecule has 3 rings (SSSR count). The third-order valence-electron chi connectivity index (χ3n) is 5.20. The predicted molar refractivity (Wildman–Crippen MR) is 97.3 cm³/mol. The van der Waals surface area contributed by atoms with Gasteiger partial charge in [-0.05, 0) is 51.5 Å². The lowest BCUT2D eigenvalue weighted by molar-refractivity contribution is -0.132. The van der Waals surface area contributed by atoms with Crippen molar-refractivity contribution in [3.05, 3.63) is 30.1 Å². The molecule has 2 saturated heterocycles. The van der Waals surface area contributed by atoms with E-state index in [1.807, 2.05) is 18.2 Å². The molecule has 1 aromatic heterocycles. The number of hydrogen-bond donors (Lipinski definition) is 1. The summed E-state index contributed by atoms with van der Waals surface area (Å²) in [4.78, 5) is 21.3. The van der Waals surface area contributed by atoms with Crippen molar-refractivity contribution in [1.82, 2.24) is 20.1 Å². The van der Waals surface area contributed by atoms with E-state index in [1.165, 1.54) is 0 Å². The minimum Gasteiger partial charge on any atom is -0.364 e.